The normalized spacial score (nSPS) is 14.4. The lowest BCUT2D eigenvalue weighted by atomic mass is 10.1. The number of hydrogen-bond donors (Lipinski definition) is 2. The number of carbonyl (C=O) groups is 1. The second kappa shape index (κ2) is 7.04. The molecule has 1 aliphatic rings. The van der Waals surface area contributed by atoms with Gasteiger partial charge < -0.3 is 15.4 Å². The van der Waals surface area contributed by atoms with Crippen molar-refractivity contribution < 1.29 is 13.9 Å². The number of likely N-dealkylation sites (N-methyl/N-ethyl adjacent to an activating group) is 1. The van der Waals surface area contributed by atoms with Crippen LogP contribution in [0.2, 0.25) is 0 Å². The highest BCUT2D eigenvalue weighted by Crippen LogP contribution is 2.33. The zero-order valence-corrected chi connectivity index (χ0v) is 13.6. The number of anilines is 2. The first-order valence-corrected chi connectivity index (χ1v) is 7.59. The minimum atomic E-state index is -0.342. The van der Waals surface area contributed by atoms with Gasteiger partial charge in [-0.15, -0.1) is 0 Å². The van der Waals surface area contributed by atoms with E-state index >= 15 is 0 Å². The lowest BCUT2D eigenvalue weighted by Gasteiger charge is -2.26. The highest BCUT2D eigenvalue weighted by Gasteiger charge is 2.22. The van der Waals surface area contributed by atoms with E-state index in [1.807, 2.05) is 6.07 Å². The van der Waals surface area contributed by atoms with Crippen LogP contribution in [0.3, 0.4) is 0 Å². The van der Waals surface area contributed by atoms with E-state index in [4.69, 9.17) is 10.5 Å². The molecule has 2 aromatic carbocycles. The Kier molecular flexibility index (Phi) is 4.65. The molecule has 1 heterocycles. The van der Waals surface area contributed by atoms with Crippen molar-refractivity contribution in [2.75, 3.05) is 24.0 Å². The predicted octanol–water partition coefficient (Wildman–Crippen LogP) is 2.58. The lowest BCUT2D eigenvalue weighted by Crippen LogP contribution is -2.35. The van der Waals surface area contributed by atoms with Gasteiger partial charge in [0.2, 0.25) is 0 Å². The van der Waals surface area contributed by atoms with E-state index in [2.05, 4.69) is 10.5 Å². The van der Waals surface area contributed by atoms with Crippen LogP contribution in [0, 0.1) is 5.82 Å². The number of amides is 1. The largest absolute Gasteiger partial charge is 0.482 e. The number of benzene rings is 2. The van der Waals surface area contributed by atoms with Crippen molar-refractivity contribution >= 4 is 29.2 Å². The van der Waals surface area contributed by atoms with Crippen molar-refractivity contribution in [2.24, 2.45) is 10.8 Å². The van der Waals surface area contributed by atoms with E-state index in [1.54, 1.807) is 37.4 Å². The summed E-state index contributed by atoms with van der Waals surface area (Å²) in [6.07, 6.45) is 3.09. The molecule has 0 aromatic heterocycles. The van der Waals surface area contributed by atoms with Crippen LogP contribution < -0.4 is 20.8 Å². The van der Waals surface area contributed by atoms with Gasteiger partial charge in [-0.1, -0.05) is 6.07 Å². The Morgan fingerprint density at radius 1 is 1.36 bits per heavy atom. The van der Waals surface area contributed by atoms with Crippen molar-refractivity contribution in [2.45, 2.75) is 0 Å². The summed E-state index contributed by atoms with van der Waals surface area (Å²) in [4.78, 5) is 13.2. The molecule has 3 N–H and O–H groups in total. The smallest absolute Gasteiger partial charge is 0.264 e. The Morgan fingerprint density at radius 2 is 2.20 bits per heavy atom. The highest BCUT2D eigenvalue weighted by atomic mass is 19.1. The van der Waals surface area contributed by atoms with Gasteiger partial charge in [0.1, 0.15) is 11.6 Å². The molecule has 0 saturated heterocycles. The Bertz CT molecular complexity index is 864. The number of allylic oxidation sites excluding steroid dienone is 1. The molecule has 1 amide bonds. The van der Waals surface area contributed by atoms with Gasteiger partial charge in [-0.2, -0.15) is 5.10 Å². The Balaban J connectivity index is 1.72. The number of hydrazone groups is 1. The molecule has 0 atom stereocenters. The van der Waals surface area contributed by atoms with Crippen LogP contribution in [0.5, 0.6) is 5.75 Å². The van der Waals surface area contributed by atoms with Crippen LogP contribution in [-0.4, -0.2) is 25.8 Å². The number of halogens is 1. The Morgan fingerprint density at radius 3 is 3.00 bits per heavy atom. The van der Waals surface area contributed by atoms with Crippen LogP contribution in [0.4, 0.5) is 15.8 Å². The SMILES string of the molecule is CN1C(=O)COc2ccc(C(N)=CC=NNc3cccc(F)c3)cc21. The summed E-state index contributed by atoms with van der Waals surface area (Å²) in [6, 6.07) is 11.3. The first-order chi connectivity index (χ1) is 12.0. The van der Waals surface area contributed by atoms with Crippen LogP contribution in [0.1, 0.15) is 5.56 Å². The maximum atomic E-state index is 13.1. The zero-order valence-electron chi connectivity index (χ0n) is 13.6. The number of hydrogen-bond acceptors (Lipinski definition) is 5. The van der Waals surface area contributed by atoms with Crippen LogP contribution in [0.15, 0.2) is 53.6 Å². The number of rotatable bonds is 4. The minimum absolute atomic E-state index is 0.0343. The van der Waals surface area contributed by atoms with E-state index in [0.717, 1.165) is 5.56 Å². The van der Waals surface area contributed by atoms with Crippen molar-refractivity contribution in [1.82, 2.24) is 0 Å². The second-order valence-electron chi connectivity index (χ2n) is 5.45. The maximum Gasteiger partial charge on any atom is 0.264 e. The molecule has 2 aromatic rings. The molecule has 0 fully saturated rings. The fraction of sp³-hybridized carbons (Fsp3) is 0.111. The summed E-state index contributed by atoms with van der Waals surface area (Å²) in [5.41, 5.74) is 11.2. The molecule has 25 heavy (non-hydrogen) atoms. The van der Waals surface area contributed by atoms with E-state index < -0.39 is 0 Å². The van der Waals surface area contributed by atoms with E-state index in [0.29, 0.717) is 22.8 Å². The highest BCUT2D eigenvalue weighted by molar-refractivity contribution is 5.98. The average Bonchev–Trinajstić information content (AvgIpc) is 2.61. The molecule has 0 radical (unpaired) electrons. The number of nitrogens with two attached hydrogens (primary N) is 1. The Labute approximate surface area is 144 Å². The third-order valence-electron chi connectivity index (χ3n) is 3.73. The van der Waals surface area contributed by atoms with Crippen molar-refractivity contribution in [3.63, 3.8) is 0 Å². The number of ether oxygens (including phenoxy) is 1. The molecule has 7 heteroatoms. The fourth-order valence-corrected chi connectivity index (χ4v) is 2.34. The minimum Gasteiger partial charge on any atom is -0.482 e. The van der Waals surface area contributed by atoms with Gasteiger partial charge >= 0.3 is 0 Å². The molecule has 1 aliphatic heterocycles. The molecule has 0 aliphatic carbocycles. The van der Waals surface area contributed by atoms with Gasteiger partial charge in [0.15, 0.2) is 6.61 Å². The summed E-state index contributed by atoms with van der Waals surface area (Å²) in [5, 5.41) is 3.98. The van der Waals surface area contributed by atoms with Crippen LogP contribution in [0.25, 0.3) is 5.70 Å². The fourth-order valence-electron chi connectivity index (χ4n) is 2.34. The van der Waals surface area contributed by atoms with Gasteiger partial charge in [-0.05, 0) is 48.0 Å². The molecule has 6 nitrogen and oxygen atoms in total. The van der Waals surface area contributed by atoms with Crippen LogP contribution >= 0.6 is 0 Å². The standard InChI is InChI=1S/C18H17FN4O2/c1-23-16-9-12(5-6-17(16)25-11-18(23)24)15(20)7-8-21-22-14-4-2-3-13(19)10-14/h2-10,22H,11,20H2,1H3. The van der Waals surface area contributed by atoms with Gasteiger partial charge in [0.25, 0.3) is 5.91 Å². The zero-order chi connectivity index (χ0) is 17.8. The topological polar surface area (TPSA) is 80.0 Å². The van der Waals surface area contributed by atoms with E-state index in [1.165, 1.54) is 23.2 Å². The molecule has 3 rings (SSSR count). The molecule has 0 unspecified atom stereocenters. The number of carbonyl (C=O) groups excluding carboxylic acids is 1. The van der Waals surface area contributed by atoms with E-state index in [-0.39, 0.29) is 18.3 Å². The summed E-state index contributed by atoms with van der Waals surface area (Å²) in [7, 11) is 1.69. The third kappa shape index (κ3) is 3.77. The summed E-state index contributed by atoms with van der Waals surface area (Å²) in [5.74, 6) is 0.179. The lowest BCUT2D eigenvalue weighted by molar-refractivity contribution is -0.120. The van der Waals surface area contributed by atoms with Crippen LogP contribution in [-0.2, 0) is 4.79 Å². The molecular formula is C18H17FN4O2. The van der Waals surface area contributed by atoms with Gasteiger partial charge in [-0.3, -0.25) is 10.2 Å². The first-order valence-electron chi connectivity index (χ1n) is 7.59. The number of nitrogens with zero attached hydrogens (tertiary/aromatic N) is 2. The first kappa shape index (κ1) is 16.5. The monoisotopic (exact) mass is 340 g/mol. The average molecular weight is 340 g/mol. The van der Waals surface area contributed by atoms with E-state index in [9.17, 15) is 9.18 Å². The van der Waals surface area contributed by atoms with Gasteiger partial charge in [0, 0.05) is 19.0 Å². The molecule has 0 bridgehead atoms. The quantitative estimate of drug-likeness (QED) is 0.662. The molecule has 0 saturated carbocycles. The number of nitrogens with one attached hydrogen (secondary N) is 1. The molecular weight excluding hydrogens is 323 g/mol. The van der Waals surface area contributed by atoms with Crippen molar-refractivity contribution in [3.8, 4) is 5.75 Å². The van der Waals surface area contributed by atoms with Crippen molar-refractivity contribution in [3.05, 3.63) is 59.9 Å². The summed E-state index contributed by atoms with van der Waals surface area (Å²) in [6.45, 7) is 0.0343. The molecule has 128 valence electrons. The number of fused-ring (bicyclic) bond motifs is 1. The van der Waals surface area contributed by atoms with Gasteiger partial charge in [-0.25, -0.2) is 4.39 Å². The van der Waals surface area contributed by atoms with Crippen molar-refractivity contribution in [1.29, 1.82) is 0 Å². The summed E-state index contributed by atoms with van der Waals surface area (Å²) < 4.78 is 18.4. The summed E-state index contributed by atoms with van der Waals surface area (Å²) >= 11 is 0. The van der Waals surface area contributed by atoms with Gasteiger partial charge in [0.05, 0.1) is 11.4 Å². The third-order valence-corrected chi connectivity index (χ3v) is 3.73. The Hall–Kier alpha value is -3.35. The molecule has 0 spiro atoms. The maximum absolute atomic E-state index is 13.1. The second-order valence-corrected chi connectivity index (χ2v) is 5.45. The predicted molar refractivity (Wildman–Crippen MR) is 96.0 cm³/mol.